The van der Waals surface area contributed by atoms with Crippen molar-refractivity contribution in [2.75, 3.05) is 13.2 Å². The molecule has 3 nitrogen and oxygen atoms in total. The Hall–Kier alpha value is -0.120. The van der Waals surface area contributed by atoms with Gasteiger partial charge in [-0.05, 0) is 31.1 Å². The molecule has 2 aliphatic rings. The Balaban J connectivity index is 1.60. The maximum atomic E-state index is 10.0. The van der Waals surface area contributed by atoms with Gasteiger partial charge in [0.1, 0.15) is 0 Å². The number of nitrogens with one attached hydrogen (secondary N) is 1. The number of ether oxygens (including phenoxy) is 1. The molecule has 2 fully saturated rings. The molecule has 0 aromatic rings. The zero-order valence-electron chi connectivity index (χ0n) is 12.6. The molecule has 0 aromatic carbocycles. The second-order valence-electron chi connectivity index (χ2n) is 6.68. The Morgan fingerprint density at radius 2 is 1.84 bits per heavy atom. The van der Waals surface area contributed by atoms with Gasteiger partial charge in [-0.25, -0.2) is 0 Å². The number of hydrogen-bond donors (Lipinski definition) is 2. The topological polar surface area (TPSA) is 41.5 Å². The quantitative estimate of drug-likeness (QED) is 0.779. The van der Waals surface area contributed by atoms with E-state index >= 15 is 0 Å². The van der Waals surface area contributed by atoms with Gasteiger partial charge in [0.05, 0.1) is 18.8 Å². The van der Waals surface area contributed by atoms with Crippen molar-refractivity contribution in [3.05, 3.63) is 0 Å². The van der Waals surface area contributed by atoms with Gasteiger partial charge < -0.3 is 15.2 Å². The smallest absolute Gasteiger partial charge is 0.0897 e. The summed E-state index contributed by atoms with van der Waals surface area (Å²) in [5.74, 6) is 1.52. The summed E-state index contributed by atoms with van der Waals surface area (Å²) in [7, 11) is 0. The molecule has 3 heteroatoms. The average Bonchev–Trinajstić information content (AvgIpc) is 2.91. The highest BCUT2D eigenvalue weighted by molar-refractivity contribution is 4.83. The Morgan fingerprint density at radius 1 is 1.11 bits per heavy atom. The monoisotopic (exact) mass is 269 g/mol. The SMILES string of the molecule is CC1CCCC(NCC(O)COC2CCCC2)C1C. The summed E-state index contributed by atoms with van der Waals surface area (Å²) in [4.78, 5) is 0. The molecule has 0 aromatic heterocycles. The summed E-state index contributed by atoms with van der Waals surface area (Å²) in [5, 5.41) is 13.6. The fourth-order valence-electron chi connectivity index (χ4n) is 3.52. The highest BCUT2D eigenvalue weighted by Crippen LogP contribution is 2.29. The lowest BCUT2D eigenvalue weighted by atomic mass is 9.78. The molecule has 2 saturated carbocycles. The van der Waals surface area contributed by atoms with Gasteiger partial charge in [0.25, 0.3) is 0 Å². The lowest BCUT2D eigenvalue weighted by Crippen LogP contribution is -2.44. The highest BCUT2D eigenvalue weighted by atomic mass is 16.5. The zero-order chi connectivity index (χ0) is 13.7. The summed E-state index contributed by atoms with van der Waals surface area (Å²) >= 11 is 0. The first-order valence-electron chi connectivity index (χ1n) is 8.20. The Bertz CT molecular complexity index is 253. The Labute approximate surface area is 118 Å². The third-order valence-corrected chi connectivity index (χ3v) is 5.15. The standard InChI is InChI=1S/C16H31NO2/c1-12-6-5-9-16(13(12)2)17-10-14(18)11-19-15-7-3-4-8-15/h12-18H,3-11H2,1-2H3. The van der Waals surface area contributed by atoms with Gasteiger partial charge in [-0.3, -0.25) is 0 Å². The largest absolute Gasteiger partial charge is 0.389 e. The van der Waals surface area contributed by atoms with Gasteiger partial charge in [0.2, 0.25) is 0 Å². The molecule has 0 heterocycles. The minimum atomic E-state index is -0.356. The fourth-order valence-corrected chi connectivity index (χ4v) is 3.52. The zero-order valence-corrected chi connectivity index (χ0v) is 12.6. The van der Waals surface area contributed by atoms with Crippen molar-refractivity contribution in [1.29, 1.82) is 0 Å². The lowest BCUT2D eigenvalue weighted by molar-refractivity contribution is -0.00764. The van der Waals surface area contributed by atoms with Crippen molar-refractivity contribution in [3.63, 3.8) is 0 Å². The van der Waals surface area contributed by atoms with Crippen LogP contribution >= 0.6 is 0 Å². The summed E-state index contributed by atoms with van der Waals surface area (Å²) in [6, 6.07) is 0.574. The van der Waals surface area contributed by atoms with Crippen molar-refractivity contribution in [3.8, 4) is 0 Å². The number of rotatable bonds is 6. The minimum Gasteiger partial charge on any atom is -0.389 e. The second-order valence-corrected chi connectivity index (χ2v) is 6.68. The highest BCUT2D eigenvalue weighted by Gasteiger charge is 2.27. The van der Waals surface area contributed by atoms with Crippen LogP contribution < -0.4 is 5.32 Å². The van der Waals surface area contributed by atoms with Crippen LogP contribution in [0, 0.1) is 11.8 Å². The Morgan fingerprint density at radius 3 is 2.58 bits per heavy atom. The first-order valence-corrected chi connectivity index (χ1v) is 8.20. The maximum Gasteiger partial charge on any atom is 0.0897 e. The van der Waals surface area contributed by atoms with Gasteiger partial charge in [0.15, 0.2) is 0 Å². The molecule has 0 aliphatic heterocycles. The normalized spacial score (nSPS) is 34.6. The van der Waals surface area contributed by atoms with Crippen LogP contribution in [0.25, 0.3) is 0 Å². The molecule has 4 unspecified atom stereocenters. The number of aliphatic hydroxyl groups excluding tert-OH is 1. The van der Waals surface area contributed by atoms with E-state index in [1.165, 1.54) is 44.9 Å². The van der Waals surface area contributed by atoms with E-state index in [9.17, 15) is 5.11 Å². The van der Waals surface area contributed by atoms with E-state index < -0.39 is 0 Å². The van der Waals surface area contributed by atoms with Crippen molar-refractivity contribution in [2.45, 2.75) is 77.0 Å². The number of aliphatic hydroxyl groups is 1. The summed E-state index contributed by atoms with van der Waals surface area (Å²) < 4.78 is 5.76. The van der Waals surface area contributed by atoms with Crippen molar-refractivity contribution in [2.24, 2.45) is 11.8 Å². The number of hydrogen-bond acceptors (Lipinski definition) is 3. The van der Waals surface area contributed by atoms with Crippen LogP contribution in [0.2, 0.25) is 0 Å². The molecule has 0 radical (unpaired) electrons. The molecule has 2 N–H and O–H groups in total. The molecule has 2 aliphatic carbocycles. The molecular formula is C16H31NO2. The lowest BCUT2D eigenvalue weighted by Gasteiger charge is -2.35. The van der Waals surface area contributed by atoms with Gasteiger partial charge in [-0.2, -0.15) is 0 Å². The van der Waals surface area contributed by atoms with Crippen molar-refractivity contribution >= 4 is 0 Å². The molecule has 19 heavy (non-hydrogen) atoms. The first-order chi connectivity index (χ1) is 9.16. The van der Waals surface area contributed by atoms with Gasteiger partial charge in [0, 0.05) is 12.6 Å². The van der Waals surface area contributed by atoms with Gasteiger partial charge >= 0.3 is 0 Å². The molecule has 0 amide bonds. The second kappa shape index (κ2) is 7.61. The Kier molecular flexibility index (Phi) is 6.11. The van der Waals surface area contributed by atoms with Crippen LogP contribution in [0.5, 0.6) is 0 Å². The summed E-state index contributed by atoms with van der Waals surface area (Å²) in [6.45, 7) is 5.85. The first kappa shape index (κ1) is 15.3. The average molecular weight is 269 g/mol. The van der Waals surface area contributed by atoms with Crippen LogP contribution in [0.15, 0.2) is 0 Å². The van der Waals surface area contributed by atoms with Crippen LogP contribution in [-0.2, 0) is 4.74 Å². The molecule has 2 rings (SSSR count). The van der Waals surface area contributed by atoms with E-state index in [1.807, 2.05) is 0 Å². The van der Waals surface area contributed by atoms with E-state index in [-0.39, 0.29) is 6.10 Å². The molecule has 4 atom stereocenters. The van der Waals surface area contributed by atoms with Crippen molar-refractivity contribution in [1.82, 2.24) is 5.32 Å². The van der Waals surface area contributed by atoms with E-state index in [1.54, 1.807) is 0 Å². The van der Waals surface area contributed by atoms with E-state index in [2.05, 4.69) is 19.2 Å². The molecule has 0 spiro atoms. The molecule has 0 bridgehead atoms. The summed E-state index contributed by atoms with van der Waals surface area (Å²) in [5.41, 5.74) is 0. The van der Waals surface area contributed by atoms with Gasteiger partial charge in [-0.1, -0.05) is 39.5 Å². The third kappa shape index (κ3) is 4.73. The molecule has 0 saturated heterocycles. The predicted molar refractivity (Wildman–Crippen MR) is 78.2 cm³/mol. The fraction of sp³-hybridized carbons (Fsp3) is 1.00. The van der Waals surface area contributed by atoms with Crippen LogP contribution in [-0.4, -0.2) is 36.5 Å². The van der Waals surface area contributed by atoms with Gasteiger partial charge in [-0.15, -0.1) is 0 Å². The van der Waals surface area contributed by atoms with Crippen LogP contribution in [0.4, 0.5) is 0 Å². The minimum absolute atomic E-state index is 0.356. The van der Waals surface area contributed by atoms with E-state index in [4.69, 9.17) is 4.74 Å². The van der Waals surface area contributed by atoms with Crippen LogP contribution in [0.3, 0.4) is 0 Å². The van der Waals surface area contributed by atoms with E-state index in [0.717, 1.165) is 11.8 Å². The predicted octanol–water partition coefficient (Wildman–Crippen LogP) is 2.72. The van der Waals surface area contributed by atoms with E-state index in [0.29, 0.717) is 25.3 Å². The molecular weight excluding hydrogens is 238 g/mol. The summed E-state index contributed by atoms with van der Waals surface area (Å²) in [6.07, 6.45) is 8.90. The van der Waals surface area contributed by atoms with Crippen molar-refractivity contribution < 1.29 is 9.84 Å². The third-order valence-electron chi connectivity index (χ3n) is 5.15. The molecule has 112 valence electrons. The maximum absolute atomic E-state index is 10.0. The van der Waals surface area contributed by atoms with Crippen LogP contribution in [0.1, 0.15) is 58.8 Å².